The molecule has 0 fully saturated rings. The minimum atomic E-state index is -4.83. The van der Waals surface area contributed by atoms with Crippen LogP contribution in [-0.4, -0.2) is 22.7 Å². The molecule has 0 unspecified atom stereocenters. The maximum atomic E-state index is 12.3. The Morgan fingerprint density at radius 1 is 1.44 bits per heavy atom. The largest absolute Gasteiger partial charge is 0.481 e. The maximum Gasteiger partial charge on any atom is 0.433 e. The molecule has 0 amide bonds. The zero-order chi connectivity index (χ0) is 13.9. The summed E-state index contributed by atoms with van der Waals surface area (Å²) in [6, 6.07) is 0.241. The summed E-state index contributed by atoms with van der Waals surface area (Å²) >= 11 is 0. The highest BCUT2D eigenvalue weighted by molar-refractivity contribution is 5.71. The molecule has 18 heavy (non-hydrogen) atoms. The van der Waals surface area contributed by atoms with Crippen molar-refractivity contribution in [2.45, 2.75) is 19.2 Å². The molecule has 1 N–H and O–H groups in total. The summed E-state index contributed by atoms with van der Waals surface area (Å²) in [5.74, 6) is -2.26. The number of alkyl halides is 5. The highest BCUT2D eigenvalue weighted by Crippen LogP contribution is 2.32. The lowest BCUT2D eigenvalue weighted by atomic mass is 10.1. The Hall–Kier alpha value is -1.93. The van der Waals surface area contributed by atoms with E-state index in [4.69, 9.17) is 5.11 Å². The molecule has 0 aromatic carbocycles. The van der Waals surface area contributed by atoms with Crippen molar-refractivity contribution in [3.63, 3.8) is 0 Å². The molecule has 0 aliphatic rings. The molecule has 1 rings (SSSR count). The average Bonchev–Trinajstić information content (AvgIpc) is 2.17. The van der Waals surface area contributed by atoms with Gasteiger partial charge in [-0.15, -0.1) is 0 Å². The third kappa shape index (κ3) is 3.82. The number of hydrogen-bond donors (Lipinski definition) is 1. The van der Waals surface area contributed by atoms with E-state index in [2.05, 4.69) is 9.72 Å². The molecule has 100 valence electrons. The molecule has 9 heteroatoms. The van der Waals surface area contributed by atoms with Crippen LogP contribution in [0, 0.1) is 0 Å². The first-order valence-electron chi connectivity index (χ1n) is 4.43. The van der Waals surface area contributed by atoms with Crippen LogP contribution in [0.3, 0.4) is 0 Å². The first kappa shape index (κ1) is 14.1. The second-order valence-electron chi connectivity index (χ2n) is 3.12. The van der Waals surface area contributed by atoms with E-state index in [0.29, 0.717) is 6.20 Å². The Balaban J connectivity index is 3.16. The van der Waals surface area contributed by atoms with Crippen molar-refractivity contribution in [1.82, 2.24) is 4.98 Å². The Morgan fingerprint density at radius 3 is 2.50 bits per heavy atom. The minimum absolute atomic E-state index is 0.241. The van der Waals surface area contributed by atoms with E-state index >= 15 is 0 Å². The monoisotopic (exact) mass is 271 g/mol. The van der Waals surface area contributed by atoms with Gasteiger partial charge in [-0.05, 0) is 0 Å². The SMILES string of the molecule is O=C(O)Cc1cnc(C(F)(F)F)cc1OC(F)F. The van der Waals surface area contributed by atoms with Gasteiger partial charge in [-0.2, -0.15) is 22.0 Å². The zero-order valence-electron chi connectivity index (χ0n) is 8.54. The zero-order valence-corrected chi connectivity index (χ0v) is 8.54. The second-order valence-corrected chi connectivity index (χ2v) is 3.12. The summed E-state index contributed by atoms with van der Waals surface area (Å²) in [6.45, 7) is -3.36. The van der Waals surface area contributed by atoms with Gasteiger partial charge in [0, 0.05) is 17.8 Å². The van der Waals surface area contributed by atoms with E-state index in [0.717, 1.165) is 0 Å². The molecule has 0 saturated heterocycles. The smallest absolute Gasteiger partial charge is 0.433 e. The van der Waals surface area contributed by atoms with Gasteiger partial charge in [0.1, 0.15) is 11.4 Å². The van der Waals surface area contributed by atoms with Crippen LogP contribution in [0.15, 0.2) is 12.3 Å². The van der Waals surface area contributed by atoms with Crippen molar-refractivity contribution in [2.75, 3.05) is 0 Å². The van der Waals surface area contributed by atoms with E-state index in [-0.39, 0.29) is 11.6 Å². The molecule has 0 radical (unpaired) electrons. The van der Waals surface area contributed by atoms with Gasteiger partial charge in [-0.3, -0.25) is 9.78 Å². The van der Waals surface area contributed by atoms with Crippen LogP contribution in [0.5, 0.6) is 5.75 Å². The fraction of sp³-hybridized carbons (Fsp3) is 0.333. The number of hydrogen-bond acceptors (Lipinski definition) is 3. The number of ether oxygens (including phenoxy) is 1. The van der Waals surface area contributed by atoms with Gasteiger partial charge in [-0.1, -0.05) is 0 Å². The minimum Gasteiger partial charge on any atom is -0.481 e. The predicted molar refractivity (Wildman–Crippen MR) is 47.2 cm³/mol. The van der Waals surface area contributed by atoms with Crippen LogP contribution >= 0.6 is 0 Å². The van der Waals surface area contributed by atoms with Gasteiger partial charge in [0.25, 0.3) is 0 Å². The topological polar surface area (TPSA) is 59.4 Å². The quantitative estimate of drug-likeness (QED) is 0.854. The number of pyridine rings is 1. The fourth-order valence-corrected chi connectivity index (χ4v) is 1.12. The molecule has 1 heterocycles. The van der Waals surface area contributed by atoms with Crippen molar-refractivity contribution < 1.29 is 36.6 Å². The lowest BCUT2D eigenvalue weighted by molar-refractivity contribution is -0.141. The van der Waals surface area contributed by atoms with Crippen molar-refractivity contribution in [3.05, 3.63) is 23.5 Å². The molecule has 1 aromatic heterocycles. The Kier molecular flexibility index (Phi) is 4.04. The molecular weight excluding hydrogens is 265 g/mol. The van der Waals surface area contributed by atoms with Crippen LogP contribution in [0.4, 0.5) is 22.0 Å². The molecule has 0 atom stereocenters. The number of carbonyl (C=O) groups is 1. The lowest BCUT2D eigenvalue weighted by Crippen LogP contribution is -2.13. The summed E-state index contributed by atoms with van der Waals surface area (Å²) in [6.07, 6.45) is -5.05. The molecular formula is C9H6F5NO3. The number of aromatic nitrogens is 1. The molecule has 1 aromatic rings. The summed E-state index contributed by atoms with van der Waals surface area (Å²) in [4.78, 5) is 13.4. The number of rotatable bonds is 4. The fourth-order valence-electron chi connectivity index (χ4n) is 1.12. The molecule has 0 aliphatic heterocycles. The van der Waals surface area contributed by atoms with Gasteiger partial charge in [0.2, 0.25) is 0 Å². The maximum absolute atomic E-state index is 12.3. The highest BCUT2D eigenvalue weighted by Gasteiger charge is 2.33. The van der Waals surface area contributed by atoms with E-state index in [9.17, 15) is 26.7 Å². The molecule has 0 aliphatic carbocycles. The standard InChI is InChI=1S/C9H6F5NO3/c10-8(11)18-5-2-6(9(12,13)14)15-3-4(5)1-7(16)17/h2-3,8H,1H2,(H,16,17). The van der Waals surface area contributed by atoms with E-state index in [1.165, 1.54) is 0 Å². The van der Waals surface area contributed by atoms with Crippen LogP contribution in [0.2, 0.25) is 0 Å². The van der Waals surface area contributed by atoms with Crippen LogP contribution in [-0.2, 0) is 17.4 Å². The van der Waals surface area contributed by atoms with Crippen molar-refractivity contribution in [3.8, 4) is 5.75 Å². The van der Waals surface area contributed by atoms with Crippen molar-refractivity contribution >= 4 is 5.97 Å². The average molecular weight is 271 g/mol. The van der Waals surface area contributed by atoms with E-state index in [1.807, 2.05) is 0 Å². The Bertz CT molecular complexity index is 446. The van der Waals surface area contributed by atoms with Crippen molar-refractivity contribution in [2.24, 2.45) is 0 Å². The molecule has 0 spiro atoms. The molecule has 0 saturated carbocycles. The highest BCUT2D eigenvalue weighted by atomic mass is 19.4. The number of carboxylic acids is 1. The molecule has 4 nitrogen and oxygen atoms in total. The van der Waals surface area contributed by atoms with E-state index in [1.54, 1.807) is 0 Å². The normalized spacial score (nSPS) is 11.7. The third-order valence-corrected chi connectivity index (χ3v) is 1.79. The van der Waals surface area contributed by atoms with Crippen LogP contribution < -0.4 is 4.74 Å². The van der Waals surface area contributed by atoms with Crippen LogP contribution in [0.25, 0.3) is 0 Å². The third-order valence-electron chi connectivity index (χ3n) is 1.79. The summed E-state index contributed by atoms with van der Waals surface area (Å²) in [7, 11) is 0. The lowest BCUT2D eigenvalue weighted by Gasteiger charge is -2.12. The summed E-state index contributed by atoms with van der Waals surface area (Å²) in [5, 5.41) is 8.46. The van der Waals surface area contributed by atoms with Gasteiger partial charge in [-0.25, -0.2) is 0 Å². The van der Waals surface area contributed by atoms with Crippen molar-refractivity contribution in [1.29, 1.82) is 0 Å². The van der Waals surface area contributed by atoms with Gasteiger partial charge < -0.3 is 9.84 Å². The molecule has 0 bridgehead atoms. The number of halogens is 5. The number of aliphatic carboxylic acids is 1. The summed E-state index contributed by atoms with van der Waals surface area (Å²) in [5.41, 5.74) is -1.80. The summed E-state index contributed by atoms with van der Waals surface area (Å²) < 4.78 is 64.7. The van der Waals surface area contributed by atoms with E-state index < -0.39 is 36.6 Å². The second kappa shape index (κ2) is 5.15. The van der Waals surface area contributed by atoms with Gasteiger partial charge in [0.15, 0.2) is 0 Å². The van der Waals surface area contributed by atoms with Gasteiger partial charge >= 0.3 is 18.8 Å². The first-order valence-corrected chi connectivity index (χ1v) is 4.43. The predicted octanol–water partition coefficient (Wildman–Crippen LogP) is 2.33. The number of nitrogens with zero attached hydrogens (tertiary/aromatic N) is 1. The Morgan fingerprint density at radius 2 is 2.06 bits per heavy atom. The van der Waals surface area contributed by atoms with Gasteiger partial charge in [0.05, 0.1) is 6.42 Å². The Labute approximate surface area is 97.0 Å². The first-order chi connectivity index (χ1) is 8.20. The number of carboxylic acid groups (broad SMARTS) is 1. The van der Waals surface area contributed by atoms with Crippen LogP contribution in [0.1, 0.15) is 11.3 Å².